The SMILES string of the molecule is CC(C)(C)[C@H](NC(=O)NC1(C(=O)OCc2cc(F)cc(F)c2)CCCCC1)C(=O)N1C[C@H]2[C@@H]([C@H]1C(=O)NC(CC1CC1)C(=O)C(N)=O)C2(C)C. The van der Waals surface area contributed by atoms with Gasteiger partial charge in [0.25, 0.3) is 5.91 Å². The zero-order chi connectivity index (χ0) is 36.8. The second-order valence-corrected chi connectivity index (χ2v) is 16.3. The highest BCUT2D eigenvalue weighted by Crippen LogP contribution is 2.65. The zero-order valence-corrected chi connectivity index (χ0v) is 29.4. The number of fused-ring (bicyclic) bond motifs is 1. The highest BCUT2D eigenvalue weighted by molar-refractivity contribution is 6.37. The van der Waals surface area contributed by atoms with Crippen molar-refractivity contribution in [2.45, 2.75) is 116 Å². The van der Waals surface area contributed by atoms with Gasteiger partial charge in [0, 0.05) is 12.6 Å². The molecule has 5 atom stereocenters. The number of halogens is 2. The molecule has 0 aromatic heterocycles. The van der Waals surface area contributed by atoms with Crippen molar-refractivity contribution in [3.8, 4) is 0 Å². The molecule has 12 nitrogen and oxygen atoms in total. The molecule has 50 heavy (non-hydrogen) atoms. The lowest BCUT2D eigenvalue weighted by Crippen LogP contribution is -2.64. The van der Waals surface area contributed by atoms with E-state index in [9.17, 15) is 37.5 Å². The number of hydrogen-bond donors (Lipinski definition) is 4. The molecule has 1 heterocycles. The van der Waals surface area contributed by atoms with Gasteiger partial charge < -0.3 is 31.3 Å². The number of urea groups is 1. The van der Waals surface area contributed by atoms with E-state index in [0.29, 0.717) is 25.3 Å². The summed E-state index contributed by atoms with van der Waals surface area (Å²) in [6, 6.07) is -1.10. The van der Waals surface area contributed by atoms with Crippen molar-refractivity contribution in [1.29, 1.82) is 0 Å². The van der Waals surface area contributed by atoms with Gasteiger partial charge in [0.05, 0.1) is 6.04 Å². The van der Waals surface area contributed by atoms with E-state index in [1.807, 2.05) is 13.8 Å². The lowest BCUT2D eigenvalue weighted by Gasteiger charge is -2.39. The molecule has 5 rings (SSSR count). The highest BCUT2D eigenvalue weighted by Gasteiger charge is 2.70. The molecule has 4 aliphatic rings. The van der Waals surface area contributed by atoms with Crippen LogP contribution in [-0.2, 0) is 35.3 Å². The van der Waals surface area contributed by atoms with Crippen molar-refractivity contribution < 1.29 is 42.3 Å². The molecule has 274 valence electrons. The maximum Gasteiger partial charge on any atom is 0.332 e. The number of ketones is 1. The van der Waals surface area contributed by atoms with Crippen LogP contribution in [0.15, 0.2) is 18.2 Å². The molecule has 1 aromatic rings. The average Bonchev–Trinajstić information content (AvgIpc) is 3.88. The summed E-state index contributed by atoms with van der Waals surface area (Å²) in [5.41, 5.74) is 2.90. The largest absolute Gasteiger partial charge is 0.459 e. The lowest BCUT2D eigenvalue weighted by atomic mass is 9.81. The molecule has 1 aliphatic heterocycles. The molecule has 3 aliphatic carbocycles. The van der Waals surface area contributed by atoms with Crippen molar-refractivity contribution in [2.75, 3.05) is 6.54 Å². The van der Waals surface area contributed by atoms with E-state index < -0.39 is 82.8 Å². The molecular formula is C36H49F2N5O7. The maximum atomic E-state index is 14.4. The van der Waals surface area contributed by atoms with Crippen LogP contribution < -0.4 is 21.7 Å². The number of esters is 1. The van der Waals surface area contributed by atoms with Crippen LogP contribution in [-0.4, -0.2) is 70.6 Å². The molecule has 14 heteroatoms. The summed E-state index contributed by atoms with van der Waals surface area (Å²) in [5, 5.41) is 8.28. The number of nitrogens with zero attached hydrogens (tertiary/aromatic N) is 1. The molecule has 5 N–H and O–H groups in total. The Morgan fingerprint density at radius 1 is 0.980 bits per heavy atom. The fraction of sp³-hybridized carbons (Fsp3) is 0.667. The van der Waals surface area contributed by atoms with Gasteiger partial charge in [-0.1, -0.05) is 66.7 Å². The van der Waals surface area contributed by atoms with Crippen LogP contribution in [0.25, 0.3) is 0 Å². The Morgan fingerprint density at radius 3 is 2.16 bits per heavy atom. The summed E-state index contributed by atoms with van der Waals surface area (Å²) in [6.07, 6.45) is 4.67. The second-order valence-electron chi connectivity index (χ2n) is 16.3. The highest BCUT2D eigenvalue weighted by atomic mass is 19.1. The van der Waals surface area contributed by atoms with E-state index >= 15 is 0 Å². The quantitative estimate of drug-likeness (QED) is 0.191. The molecule has 0 bridgehead atoms. The zero-order valence-electron chi connectivity index (χ0n) is 29.4. The van der Waals surface area contributed by atoms with E-state index in [4.69, 9.17) is 10.5 Å². The number of rotatable bonds is 12. The minimum absolute atomic E-state index is 0.0113. The third-order valence-electron chi connectivity index (χ3n) is 11.0. The number of benzene rings is 1. The summed E-state index contributed by atoms with van der Waals surface area (Å²) in [4.78, 5) is 81.3. The first-order valence-corrected chi connectivity index (χ1v) is 17.5. The van der Waals surface area contributed by atoms with Gasteiger partial charge in [0.1, 0.15) is 35.9 Å². The molecular weight excluding hydrogens is 652 g/mol. The summed E-state index contributed by atoms with van der Waals surface area (Å²) in [7, 11) is 0. The van der Waals surface area contributed by atoms with Gasteiger partial charge in [-0.15, -0.1) is 0 Å². The molecule has 0 radical (unpaired) electrons. The van der Waals surface area contributed by atoms with Gasteiger partial charge in [0.15, 0.2) is 0 Å². The number of amides is 5. The van der Waals surface area contributed by atoms with Crippen LogP contribution in [0.1, 0.15) is 91.5 Å². The summed E-state index contributed by atoms with van der Waals surface area (Å²) in [6.45, 7) is 9.20. The molecule has 5 amide bonds. The Morgan fingerprint density at radius 2 is 1.60 bits per heavy atom. The van der Waals surface area contributed by atoms with Gasteiger partial charge in [-0.25, -0.2) is 18.4 Å². The molecule has 1 unspecified atom stereocenters. The number of hydrogen-bond acceptors (Lipinski definition) is 7. The van der Waals surface area contributed by atoms with Gasteiger partial charge in [0.2, 0.25) is 17.6 Å². The fourth-order valence-electron chi connectivity index (χ4n) is 7.88. The van der Waals surface area contributed by atoms with Crippen LogP contribution in [0.2, 0.25) is 0 Å². The van der Waals surface area contributed by atoms with Crippen molar-refractivity contribution in [2.24, 2.45) is 34.3 Å². The number of ether oxygens (including phenoxy) is 1. The first-order valence-electron chi connectivity index (χ1n) is 17.5. The number of carbonyl (C=O) groups excluding carboxylic acids is 6. The minimum atomic E-state index is -1.43. The maximum absolute atomic E-state index is 14.4. The first kappa shape index (κ1) is 37.2. The third-order valence-corrected chi connectivity index (χ3v) is 11.0. The van der Waals surface area contributed by atoms with Crippen LogP contribution in [0, 0.1) is 40.2 Å². The molecule has 4 fully saturated rings. The first-order chi connectivity index (χ1) is 23.3. The van der Waals surface area contributed by atoms with Gasteiger partial charge in [-0.3, -0.25) is 19.2 Å². The summed E-state index contributed by atoms with van der Waals surface area (Å²) in [5.74, 6) is -5.40. The van der Waals surface area contributed by atoms with Gasteiger partial charge in [-0.2, -0.15) is 0 Å². The Hall–Kier alpha value is -4.10. The predicted molar refractivity (Wildman–Crippen MR) is 177 cm³/mol. The Balaban J connectivity index is 1.31. The van der Waals surface area contributed by atoms with E-state index in [1.165, 1.54) is 4.90 Å². The van der Waals surface area contributed by atoms with Crippen LogP contribution >= 0.6 is 0 Å². The number of piperidine rings is 1. The summed E-state index contributed by atoms with van der Waals surface area (Å²) < 4.78 is 32.9. The predicted octanol–water partition coefficient (Wildman–Crippen LogP) is 3.25. The number of likely N-dealkylation sites (tertiary alicyclic amines) is 1. The number of Topliss-reactive ketones (excluding diaryl/α,β-unsaturated/α-hetero) is 1. The van der Waals surface area contributed by atoms with E-state index in [0.717, 1.165) is 31.4 Å². The van der Waals surface area contributed by atoms with Gasteiger partial charge >= 0.3 is 12.0 Å². The normalized spacial score (nSPS) is 24.6. The van der Waals surface area contributed by atoms with Gasteiger partial charge in [-0.05, 0) is 65.5 Å². The standard InChI is InChI=1S/C36H49F2N5O7/c1-34(2,3)28(41-33(49)42-36(11-7-6-8-12-36)32(48)50-18-20-13-21(37)16-22(38)14-20)31(47)43-17-23-25(35(23,4)5)26(43)30(46)40-24(15-19-9-10-19)27(44)29(39)45/h13-14,16,19,23-26,28H,6-12,15,17-18H2,1-5H3,(H2,39,45)(H,40,46)(H2,41,42,49)/t23-,24?,25-,26-,28+/m0/s1. The monoisotopic (exact) mass is 701 g/mol. The molecule has 3 saturated carbocycles. The Bertz CT molecular complexity index is 1530. The van der Waals surface area contributed by atoms with E-state index in [2.05, 4.69) is 16.0 Å². The number of primary amides is 1. The van der Waals surface area contributed by atoms with Crippen LogP contribution in [0.3, 0.4) is 0 Å². The topological polar surface area (TPSA) is 177 Å². The van der Waals surface area contributed by atoms with Crippen molar-refractivity contribution in [3.05, 3.63) is 35.4 Å². The molecule has 0 spiro atoms. The van der Waals surface area contributed by atoms with Crippen molar-refractivity contribution >= 4 is 35.5 Å². The third kappa shape index (κ3) is 7.94. The Labute approximate surface area is 291 Å². The Kier molecular flexibility index (Phi) is 10.3. The van der Waals surface area contributed by atoms with E-state index in [1.54, 1.807) is 20.8 Å². The molecule has 1 saturated heterocycles. The van der Waals surface area contributed by atoms with Crippen molar-refractivity contribution in [1.82, 2.24) is 20.9 Å². The summed E-state index contributed by atoms with van der Waals surface area (Å²) >= 11 is 0. The smallest absolute Gasteiger partial charge is 0.332 e. The van der Waals surface area contributed by atoms with Crippen LogP contribution in [0.5, 0.6) is 0 Å². The van der Waals surface area contributed by atoms with Crippen LogP contribution in [0.4, 0.5) is 13.6 Å². The number of nitrogens with two attached hydrogens (primary N) is 1. The fourth-order valence-corrected chi connectivity index (χ4v) is 7.88. The van der Waals surface area contributed by atoms with E-state index in [-0.39, 0.29) is 48.1 Å². The number of nitrogens with one attached hydrogen (secondary N) is 3. The lowest BCUT2D eigenvalue weighted by molar-refractivity contribution is -0.154. The average molecular weight is 702 g/mol. The second kappa shape index (κ2) is 13.9. The van der Waals surface area contributed by atoms with Crippen molar-refractivity contribution in [3.63, 3.8) is 0 Å². The minimum Gasteiger partial charge on any atom is -0.459 e. The number of carbonyl (C=O) groups is 6. The molecule has 1 aromatic carbocycles.